The van der Waals surface area contributed by atoms with Gasteiger partial charge in [0.2, 0.25) is 0 Å². The van der Waals surface area contributed by atoms with Crippen LogP contribution in [0.1, 0.15) is 45.1 Å². The van der Waals surface area contributed by atoms with Crippen LogP contribution in [0.3, 0.4) is 0 Å². The molecule has 1 saturated carbocycles. The van der Waals surface area contributed by atoms with Crippen LogP contribution < -0.4 is 5.32 Å². The minimum absolute atomic E-state index is 0.0340. The highest BCUT2D eigenvalue weighted by Gasteiger charge is 2.29. The van der Waals surface area contributed by atoms with Gasteiger partial charge in [-0.1, -0.05) is 44.9 Å². The van der Waals surface area contributed by atoms with Crippen LogP contribution >= 0.6 is 0 Å². The van der Waals surface area contributed by atoms with E-state index in [1.807, 2.05) is 12.1 Å². The summed E-state index contributed by atoms with van der Waals surface area (Å²) in [4.78, 5) is 0. The molecule has 112 valence electrons. The van der Waals surface area contributed by atoms with Crippen molar-refractivity contribution in [2.45, 2.75) is 46.0 Å². The molecule has 0 aliphatic heterocycles. The van der Waals surface area contributed by atoms with Gasteiger partial charge in [0.15, 0.2) is 0 Å². The summed E-state index contributed by atoms with van der Waals surface area (Å²) < 4.78 is 13.9. The first-order chi connectivity index (χ1) is 9.74. The fraction of sp³-hybridized carbons (Fsp3) is 0.667. The molecule has 20 heavy (non-hydrogen) atoms. The number of halogens is 1. The van der Waals surface area contributed by atoms with Crippen molar-refractivity contribution in [2.24, 2.45) is 17.8 Å². The first-order valence-electron chi connectivity index (χ1n) is 8.18. The molecule has 2 heteroatoms. The van der Waals surface area contributed by atoms with Crippen LogP contribution in [0, 0.1) is 23.6 Å². The summed E-state index contributed by atoms with van der Waals surface area (Å²) in [6.45, 7) is 6.56. The van der Waals surface area contributed by atoms with Gasteiger partial charge >= 0.3 is 0 Å². The third-order valence-corrected chi connectivity index (χ3v) is 4.92. The topological polar surface area (TPSA) is 12.0 Å². The first kappa shape index (κ1) is 15.5. The Kier molecular flexibility index (Phi) is 6.03. The fourth-order valence-corrected chi connectivity index (χ4v) is 3.59. The van der Waals surface area contributed by atoms with E-state index in [4.69, 9.17) is 0 Å². The lowest BCUT2D eigenvalue weighted by molar-refractivity contribution is 0.171. The van der Waals surface area contributed by atoms with Crippen LogP contribution in [0.15, 0.2) is 24.3 Å². The standard InChI is InChI=1S/C18H28FN/c1-3-14-9-10-16(13-20-4-2)17(11-14)12-15-7-5-6-8-18(15)19/h5-8,14,16-17,20H,3-4,9-13H2,1-2H3. The monoisotopic (exact) mass is 277 g/mol. The van der Waals surface area contributed by atoms with Crippen molar-refractivity contribution in [3.05, 3.63) is 35.6 Å². The molecule has 1 fully saturated rings. The molecule has 1 N–H and O–H groups in total. The van der Waals surface area contributed by atoms with Crippen molar-refractivity contribution in [1.29, 1.82) is 0 Å². The molecule has 0 radical (unpaired) electrons. The van der Waals surface area contributed by atoms with Crippen LogP contribution in [0.25, 0.3) is 0 Å². The zero-order chi connectivity index (χ0) is 14.4. The zero-order valence-corrected chi connectivity index (χ0v) is 12.9. The molecule has 0 spiro atoms. The van der Waals surface area contributed by atoms with E-state index < -0.39 is 0 Å². The summed E-state index contributed by atoms with van der Waals surface area (Å²) in [6.07, 6.45) is 6.08. The third-order valence-electron chi connectivity index (χ3n) is 4.92. The first-order valence-corrected chi connectivity index (χ1v) is 8.18. The van der Waals surface area contributed by atoms with Crippen LogP contribution in [0.4, 0.5) is 4.39 Å². The van der Waals surface area contributed by atoms with Gasteiger partial charge in [-0.25, -0.2) is 4.39 Å². The van der Waals surface area contributed by atoms with Crippen molar-refractivity contribution in [1.82, 2.24) is 5.32 Å². The molecule has 0 heterocycles. The van der Waals surface area contributed by atoms with E-state index in [-0.39, 0.29) is 5.82 Å². The Labute approximate surface area is 123 Å². The van der Waals surface area contributed by atoms with E-state index in [0.29, 0.717) is 11.8 Å². The highest BCUT2D eigenvalue weighted by Crippen LogP contribution is 2.37. The van der Waals surface area contributed by atoms with Gasteiger partial charge in [-0.15, -0.1) is 0 Å². The van der Waals surface area contributed by atoms with Crippen molar-refractivity contribution in [2.75, 3.05) is 13.1 Å². The molecule has 3 unspecified atom stereocenters. The van der Waals surface area contributed by atoms with Crippen molar-refractivity contribution < 1.29 is 4.39 Å². The predicted molar refractivity (Wildman–Crippen MR) is 83.3 cm³/mol. The van der Waals surface area contributed by atoms with Crippen LogP contribution in [0.2, 0.25) is 0 Å². The van der Waals surface area contributed by atoms with E-state index in [1.165, 1.54) is 25.7 Å². The molecule has 0 bridgehead atoms. The lowest BCUT2D eigenvalue weighted by atomic mass is 9.71. The van der Waals surface area contributed by atoms with E-state index >= 15 is 0 Å². The van der Waals surface area contributed by atoms with Gasteiger partial charge < -0.3 is 5.32 Å². The number of rotatable bonds is 6. The van der Waals surface area contributed by atoms with Crippen LogP contribution in [-0.2, 0) is 6.42 Å². The second-order valence-electron chi connectivity index (χ2n) is 6.21. The Bertz CT molecular complexity index is 404. The van der Waals surface area contributed by atoms with Crippen LogP contribution in [0.5, 0.6) is 0 Å². The maximum Gasteiger partial charge on any atom is 0.126 e. The zero-order valence-electron chi connectivity index (χ0n) is 12.9. The Balaban J connectivity index is 2.04. The number of nitrogens with one attached hydrogen (secondary N) is 1. The Morgan fingerprint density at radius 1 is 1.15 bits per heavy atom. The van der Waals surface area contributed by atoms with Gasteiger partial charge in [0, 0.05) is 0 Å². The Morgan fingerprint density at radius 2 is 1.95 bits per heavy atom. The molecule has 2 rings (SSSR count). The maximum absolute atomic E-state index is 13.9. The fourth-order valence-electron chi connectivity index (χ4n) is 3.59. The summed E-state index contributed by atoms with van der Waals surface area (Å²) in [6, 6.07) is 7.28. The largest absolute Gasteiger partial charge is 0.317 e. The van der Waals surface area contributed by atoms with Crippen molar-refractivity contribution in [3.8, 4) is 0 Å². The van der Waals surface area contributed by atoms with Gasteiger partial charge in [-0.05, 0) is 61.7 Å². The molecular weight excluding hydrogens is 249 g/mol. The molecule has 1 aliphatic rings. The van der Waals surface area contributed by atoms with Crippen molar-refractivity contribution >= 4 is 0 Å². The minimum atomic E-state index is -0.0340. The van der Waals surface area contributed by atoms with E-state index in [1.54, 1.807) is 12.1 Å². The average Bonchev–Trinajstić information content (AvgIpc) is 2.48. The van der Waals surface area contributed by atoms with Gasteiger partial charge in [0.25, 0.3) is 0 Å². The van der Waals surface area contributed by atoms with E-state index in [2.05, 4.69) is 19.2 Å². The number of benzene rings is 1. The molecule has 0 amide bonds. The van der Waals surface area contributed by atoms with Gasteiger partial charge in [0.05, 0.1) is 0 Å². The lowest BCUT2D eigenvalue weighted by Gasteiger charge is -2.36. The Morgan fingerprint density at radius 3 is 2.65 bits per heavy atom. The molecule has 1 aromatic carbocycles. The van der Waals surface area contributed by atoms with Gasteiger partial charge in [-0.2, -0.15) is 0 Å². The quantitative estimate of drug-likeness (QED) is 0.811. The van der Waals surface area contributed by atoms with Crippen LogP contribution in [-0.4, -0.2) is 13.1 Å². The molecule has 1 nitrogen and oxygen atoms in total. The average molecular weight is 277 g/mol. The lowest BCUT2D eigenvalue weighted by Crippen LogP contribution is -2.34. The number of hydrogen-bond donors (Lipinski definition) is 1. The normalized spacial score (nSPS) is 26.6. The summed E-state index contributed by atoms with van der Waals surface area (Å²) >= 11 is 0. The van der Waals surface area contributed by atoms with E-state index in [9.17, 15) is 4.39 Å². The van der Waals surface area contributed by atoms with Crippen molar-refractivity contribution in [3.63, 3.8) is 0 Å². The summed E-state index contributed by atoms with van der Waals surface area (Å²) in [5.41, 5.74) is 0.899. The molecule has 0 saturated heterocycles. The number of hydrogen-bond acceptors (Lipinski definition) is 1. The SMILES string of the molecule is CCNCC1CCC(CC)CC1Cc1ccccc1F. The molecule has 3 atom stereocenters. The highest BCUT2D eigenvalue weighted by atomic mass is 19.1. The molecular formula is C18H28FN. The Hall–Kier alpha value is -0.890. The minimum Gasteiger partial charge on any atom is -0.317 e. The molecule has 1 aliphatic carbocycles. The highest BCUT2D eigenvalue weighted by molar-refractivity contribution is 5.18. The summed E-state index contributed by atoms with van der Waals surface area (Å²) in [5.74, 6) is 2.14. The predicted octanol–water partition coefficient (Wildman–Crippen LogP) is 4.42. The third kappa shape index (κ3) is 4.05. The van der Waals surface area contributed by atoms with Gasteiger partial charge in [0.1, 0.15) is 5.82 Å². The second-order valence-corrected chi connectivity index (χ2v) is 6.21. The molecule has 1 aromatic rings. The van der Waals surface area contributed by atoms with E-state index in [0.717, 1.165) is 31.0 Å². The second kappa shape index (κ2) is 7.78. The molecule has 0 aromatic heterocycles. The van der Waals surface area contributed by atoms with Gasteiger partial charge in [-0.3, -0.25) is 0 Å². The smallest absolute Gasteiger partial charge is 0.126 e. The summed E-state index contributed by atoms with van der Waals surface area (Å²) in [5, 5.41) is 3.49. The summed E-state index contributed by atoms with van der Waals surface area (Å²) in [7, 11) is 0. The maximum atomic E-state index is 13.9.